The maximum atomic E-state index is 10.2. The number of carbonyl (C=O) groups is 1. The minimum atomic E-state index is -0.841. The van der Waals surface area contributed by atoms with Gasteiger partial charge in [0.25, 0.3) is 0 Å². The Balaban J connectivity index is 2.45. The van der Waals surface area contributed by atoms with Crippen LogP contribution in [0.1, 0.15) is 12.8 Å². The molecule has 0 saturated heterocycles. The second-order valence-electron chi connectivity index (χ2n) is 3.18. The van der Waals surface area contributed by atoms with E-state index in [2.05, 4.69) is 0 Å². The molecule has 1 rings (SSSR count). The summed E-state index contributed by atoms with van der Waals surface area (Å²) < 4.78 is 10.2. The lowest BCUT2D eigenvalue weighted by Crippen LogP contribution is -2.02. The van der Waals surface area contributed by atoms with Crippen LogP contribution in [0.25, 0.3) is 0 Å². The van der Waals surface area contributed by atoms with E-state index in [0.717, 1.165) is 0 Å². The molecule has 5 heteroatoms. The number of rotatable bonds is 6. The minimum absolute atomic E-state index is 0.0420. The molecule has 0 aliphatic heterocycles. The van der Waals surface area contributed by atoms with E-state index in [1.807, 2.05) is 0 Å². The Morgan fingerprint density at radius 1 is 1.44 bits per heavy atom. The molecule has 1 aromatic rings. The van der Waals surface area contributed by atoms with Crippen molar-refractivity contribution in [1.29, 1.82) is 0 Å². The molecule has 88 valence electrons. The Morgan fingerprint density at radius 2 is 2.19 bits per heavy atom. The third kappa shape index (κ3) is 3.68. The number of ether oxygens (including phenoxy) is 2. The van der Waals surface area contributed by atoms with E-state index < -0.39 is 5.97 Å². The average molecular weight is 226 g/mol. The lowest BCUT2D eigenvalue weighted by Gasteiger charge is -2.08. The number of aliphatic carboxylic acids is 1. The topological polar surface area (TPSA) is 76.0 Å². The first kappa shape index (κ1) is 12.2. The molecule has 0 amide bonds. The van der Waals surface area contributed by atoms with E-state index in [1.54, 1.807) is 12.1 Å². The third-order valence-corrected chi connectivity index (χ3v) is 1.95. The summed E-state index contributed by atoms with van der Waals surface area (Å²) >= 11 is 0. The first-order chi connectivity index (χ1) is 7.63. The lowest BCUT2D eigenvalue weighted by atomic mass is 10.3. The van der Waals surface area contributed by atoms with Gasteiger partial charge in [0.2, 0.25) is 0 Å². The molecule has 0 aromatic heterocycles. The summed E-state index contributed by atoms with van der Waals surface area (Å²) in [4.78, 5) is 10.2. The molecule has 0 bridgehead atoms. The molecule has 1 aromatic carbocycles. The Morgan fingerprint density at radius 3 is 2.81 bits per heavy atom. The van der Waals surface area contributed by atoms with Gasteiger partial charge in [0.05, 0.1) is 13.7 Å². The Hall–Kier alpha value is -1.91. The predicted molar refractivity (Wildman–Crippen MR) is 57.0 cm³/mol. The van der Waals surface area contributed by atoms with Crippen molar-refractivity contribution in [3.05, 3.63) is 18.2 Å². The normalized spacial score (nSPS) is 9.81. The predicted octanol–water partition coefficient (Wildman–Crippen LogP) is 1.64. The van der Waals surface area contributed by atoms with E-state index >= 15 is 0 Å². The van der Waals surface area contributed by atoms with Crippen molar-refractivity contribution >= 4 is 5.97 Å². The molecular formula is C11H14O5. The summed E-state index contributed by atoms with van der Waals surface area (Å²) in [6, 6.07) is 4.61. The number of methoxy groups -OCH3 is 1. The second kappa shape index (κ2) is 5.85. The van der Waals surface area contributed by atoms with Crippen molar-refractivity contribution in [2.75, 3.05) is 13.7 Å². The number of phenols is 1. The third-order valence-electron chi connectivity index (χ3n) is 1.95. The quantitative estimate of drug-likeness (QED) is 0.721. The lowest BCUT2D eigenvalue weighted by molar-refractivity contribution is -0.137. The minimum Gasteiger partial charge on any atom is -0.504 e. The number of benzene rings is 1. The highest BCUT2D eigenvalue weighted by molar-refractivity contribution is 5.66. The number of aromatic hydroxyl groups is 1. The maximum Gasteiger partial charge on any atom is 0.303 e. The van der Waals surface area contributed by atoms with Gasteiger partial charge >= 0.3 is 5.97 Å². The molecule has 16 heavy (non-hydrogen) atoms. The molecule has 5 nitrogen and oxygen atoms in total. The average Bonchev–Trinajstić information content (AvgIpc) is 2.26. The van der Waals surface area contributed by atoms with Gasteiger partial charge in [-0.1, -0.05) is 0 Å². The molecule has 0 aliphatic rings. The smallest absolute Gasteiger partial charge is 0.303 e. The van der Waals surface area contributed by atoms with Gasteiger partial charge in [-0.05, 0) is 18.6 Å². The Kier molecular flexibility index (Phi) is 4.44. The molecule has 0 radical (unpaired) electrons. The van der Waals surface area contributed by atoms with Crippen LogP contribution in [0.3, 0.4) is 0 Å². The maximum absolute atomic E-state index is 10.2. The summed E-state index contributed by atoms with van der Waals surface area (Å²) in [5.41, 5.74) is 0. The Labute approximate surface area is 93.2 Å². The zero-order chi connectivity index (χ0) is 12.0. The summed E-state index contributed by atoms with van der Waals surface area (Å²) in [6.07, 6.45) is 0.522. The van der Waals surface area contributed by atoms with E-state index in [-0.39, 0.29) is 12.2 Å². The first-order valence-electron chi connectivity index (χ1n) is 4.85. The van der Waals surface area contributed by atoms with Crippen LogP contribution in [0.2, 0.25) is 0 Å². The van der Waals surface area contributed by atoms with Crippen molar-refractivity contribution in [3.8, 4) is 17.2 Å². The Bertz CT molecular complexity index is 361. The number of hydrogen-bond acceptors (Lipinski definition) is 4. The molecule has 0 heterocycles. The highest BCUT2D eigenvalue weighted by Gasteiger charge is 2.03. The summed E-state index contributed by atoms with van der Waals surface area (Å²) in [7, 11) is 1.45. The van der Waals surface area contributed by atoms with Crippen molar-refractivity contribution in [1.82, 2.24) is 0 Å². The first-order valence-corrected chi connectivity index (χ1v) is 4.85. The second-order valence-corrected chi connectivity index (χ2v) is 3.18. The van der Waals surface area contributed by atoms with Gasteiger partial charge in [0, 0.05) is 12.5 Å². The van der Waals surface area contributed by atoms with Gasteiger partial charge in [-0.15, -0.1) is 0 Å². The van der Waals surface area contributed by atoms with Gasteiger partial charge in [-0.25, -0.2) is 0 Å². The van der Waals surface area contributed by atoms with Crippen molar-refractivity contribution < 1.29 is 24.5 Å². The summed E-state index contributed by atoms with van der Waals surface area (Å²) in [5, 5.41) is 17.7. The van der Waals surface area contributed by atoms with Crippen LogP contribution in [-0.2, 0) is 4.79 Å². The highest BCUT2D eigenvalue weighted by Crippen LogP contribution is 2.29. The standard InChI is InChI=1S/C11H14O5/c1-15-10-7-8(4-5-9(10)12)16-6-2-3-11(13)14/h4-5,7,12H,2-3,6H2,1H3,(H,13,14). The molecule has 0 saturated carbocycles. The van der Waals surface area contributed by atoms with Gasteiger partial charge in [-0.3, -0.25) is 4.79 Å². The van der Waals surface area contributed by atoms with Crippen LogP contribution in [0, 0.1) is 0 Å². The van der Waals surface area contributed by atoms with Crippen molar-refractivity contribution in [3.63, 3.8) is 0 Å². The van der Waals surface area contributed by atoms with Crippen LogP contribution < -0.4 is 9.47 Å². The molecule has 0 fully saturated rings. The highest BCUT2D eigenvalue weighted by atomic mass is 16.5. The van der Waals surface area contributed by atoms with E-state index in [0.29, 0.717) is 24.5 Å². The molecular weight excluding hydrogens is 212 g/mol. The van der Waals surface area contributed by atoms with Crippen LogP contribution in [0.4, 0.5) is 0 Å². The summed E-state index contributed by atoms with van der Waals surface area (Å²) in [6.45, 7) is 0.320. The number of carboxylic acids is 1. The van der Waals surface area contributed by atoms with Crippen LogP contribution in [0.15, 0.2) is 18.2 Å². The fraction of sp³-hybridized carbons (Fsp3) is 0.364. The number of carboxylic acid groups (broad SMARTS) is 1. The monoisotopic (exact) mass is 226 g/mol. The zero-order valence-corrected chi connectivity index (χ0v) is 8.97. The molecule has 0 spiro atoms. The van der Waals surface area contributed by atoms with Gasteiger partial charge in [0.15, 0.2) is 11.5 Å². The molecule has 2 N–H and O–H groups in total. The molecule has 0 unspecified atom stereocenters. The summed E-state index contributed by atoms with van der Waals surface area (Å²) in [5.74, 6) is 0.0723. The van der Waals surface area contributed by atoms with Gasteiger partial charge < -0.3 is 19.7 Å². The molecule has 0 atom stereocenters. The molecule has 0 aliphatic carbocycles. The van der Waals surface area contributed by atoms with Gasteiger partial charge in [-0.2, -0.15) is 0 Å². The van der Waals surface area contributed by atoms with Crippen LogP contribution in [0.5, 0.6) is 17.2 Å². The number of phenolic OH excluding ortho intramolecular Hbond substituents is 1. The number of hydrogen-bond donors (Lipinski definition) is 2. The van der Waals surface area contributed by atoms with Crippen molar-refractivity contribution in [2.24, 2.45) is 0 Å². The van der Waals surface area contributed by atoms with Gasteiger partial charge in [0.1, 0.15) is 5.75 Å². The van der Waals surface area contributed by atoms with E-state index in [9.17, 15) is 9.90 Å². The largest absolute Gasteiger partial charge is 0.504 e. The van der Waals surface area contributed by atoms with Crippen LogP contribution in [-0.4, -0.2) is 29.9 Å². The zero-order valence-electron chi connectivity index (χ0n) is 8.97. The van der Waals surface area contributed by atoms with E-state index in [4.69, 9.17) is 14.6 Å². The fourth-order valence-corrected chi connectivity index (χ4v) is 1.16. The SMILES string of the molecule is COc1cc(OCCCC(=O)O)ccc1O. The van der Waals surface area contributed by atoms with Crippen molar-refractivity contribution in [2.45, 2.75) is 12.8 Å². The van der Waals surface area contributed by atoms with E-state index in [1.165, 1.54) is 13.2 Å². The fourth-order valence-electron chi connectivity index (χ4n) is 1.16. The van der Waals surface area contributed by atoms with Crippen LogP contribution >= 0.6 is 0 Å².